The molecule has 0 saturated heterocycles. The van der Waals surface area contributed by atoms with E-state index in [1.165, 1.54) is 24.3 Å². The van der Waals surface area contributed by atoms with E-state index in [4.69, 9.17) is 9.15 Å². The van der Waals surface area contributed by atoms with Crippen LogP contribution in [-0.4, -0.2) is 18.4 Å². The molecular formula is C24H19FN2O4. The highest BCUT2D eigenvalue weighted by Gasteiger charge is 2.22. The molecule has 0 radical (unpaired) electrons. The number of hydrogen-bond donors (Lipinski definition) is 2. The van der Waals surface area contributed by atoms with E-state index in [9.17, 15) is 14.0 Å². The molecule has 0 atom stereocenters. The second-order valence-electron chi connectivity index (χ2n) is 6.91. The number of ether oxygens (including phenoxy) is 1. The Morgan fingerprint density at radius 2 is 1.65 bits per heavy atom. The van der Waals surface area contributed by atoms with E-state index < -0.39 is 17.6 Å². The number of hydrogen-bond acceptors (Lipinski definition) is 4. The van der Waals surface area contributed by atoms with Crippen LogP contribution in [0.5, 0.6) is 5.75 Å². The molecule has 0 aliphatic rings. The quantitative estimate of drug-likeness (QED) is 0.454. The van der Waals surface area contributed by atoms with E-state index in [0.717, 1.165) is 5.56 Å². The van der Waals surface area contributed by atoms with Crippen LogP contribution in [0.4, 0.5) is 15.8 Å². The number of anilines is 2. The van der Waals surface area contributed by atoms with Gasteiger partial charge in [-0.05, 0) is 55.5 Å². The van der Waals surface area contributed by atoms with Crippen molar-refractivity contribution in [2.24, 2.45) is 0 Å². The van der Waals surface area contributed by atoms with Crippen LogP contribution >= 0.6 is 0 Å². The van der Waals surface area contributed by atoms with Gasteiger partial charge in [0.05, 0.1) is 0 Å². The third-order valence-corrected chi connectivity index (χ3v) is 4.56. The fourth-order valence-electron chi connectivity index (χ4n) is 3.01. The number of carbonyl (C=O) groups is 2. The second-order valence-corrected chi connectivity index (χ2v) is 6.91. The first-order valence-electron chi connectivity index (χ1n) is 9.57. The van der Waals surface area contributed by atoms with Crippen LogP contribution in [0.1, 0.15) is 16.1 Å². The van der Waals surface area contributed by atoms with Crippen molar-refractivity contribution in [3.05, 3.63) is 89.9 Å². The van der Waals surface area contributed by atoms with Crippen molar-refractivity contribution in [2.75, 3.05) is 17.2 Å². The summed E-state index contributed by atoms with van der Waals surface area (Å²) in [5, 5.41) is 5.93. The monoisotopic (exact) mass is 418 g/mol. The minimum atomic E-state index is -0.572. The highest BCUT2D eigenvalue weighted by molar-refractivity contribution is 6.14. The average Bonchev–Trinajstić information content (AvgIpc) is 3.13. The van der Waals surface area contributed by atoms with Gasteiger partial charge in [-0.1, -0.05) is 29.8 Å². The number of amides is 2. The van der Waals surface area contributed by atoms with Gasteiger partial charge in [0.25, 0.3) is 11.8 Å². The Balaban J connectivity index is 1.54. The van der Waals surface area contributed by atoms with E-state index in [1.54, 1.807) is 36.4 Å². The van der Waals surface area contributed by atoms with Crippen LogP contribution in [-0.2, 0) is 4.79 Å². The Morgan fingerprint density at radius 3 is 2.39 bits per heavy atom. The van der Waals surface area contributed by atoms with Gasteiger partial charge in [-0.2, -0.15) is 0 Å². The Morgan fingerprint density at radius 1 is 0.935 bits per heavy atom. The largest absolute Gasteiger partial charge is 0.484 e. The number of fused-ring (bicyclic) bond motifs is 1. The molecule has 0 aliphatic heterocycles. The summed E-state index contributed by atoms with van der Waals surface area (Å²) in [6.45, 7) is 1.72. The maximum Gasteiger partial charge on any atom is 0.293 e. The Kier molecular flexibility index (Phi) is 5.66. The Bertz CT molecular complexity index is 1230. The van der Waals surface area contributed by atoms with Crippen molar-refractivity contribution in [1.82, 2.24) is 0 Å². The molecule has 1 heterocycles. The molecule has 0 aliphatic carbocycles. The molecule has 6 nitrogen and oxygen atoms in total. The summed E-state index contributed by atoms with van der Waals surface area (Å²) in [5.41, 5.74) is 2.17. The Hall–Kier alpha value is -4.13. The van der Waals surface area contributed by atoms with Crippen LogP contribution in [0.25, 0.3) is 11.0 Å². The summed E-state index contributed by atoms with van der Waals surface area (Å²) in [6, 6.07) is 19.6. The standard InChI is InChI=1S/C24H19FN2O4/c1-15-6-12-18(13-7-15)30-14-21(28)27-22-19-4-2-3-5-20(19)31-23(22)24(29)26-17-10-8-16(25)9-11-17/h2-13H,14H2,1H3,(H,26,29)(H,27,28). The number of carbonyl (C=O) groups excluding carboxylic acids is 2. The Labute approximate surface area is 177 Å². The molecule has 156 valence electrons. The van der Waals surface area contributed by atoms with E-state index in [-0.39, 0.29) is 18.1 Å². The number of para-hydroxylation sites is 1. The molecule has 4 rings (SSSR count). The zero-order valence-corrected chi connectivity index (χ0v) is 16.6. The molecule has 3 aromatic carbocycles. The number of benzene rings is 3. The molecule has 0 saturated carbocycles. The number of rotatable bonds is 6. The summed E-state index contributed by atoms with van der Waals surface area (Å²) < 4.78 is 24.3. The fraction of sp³-hybridized carbons (Fsp3) is 0.0833. The predicted octanol–water partition coefficient (Wildman–Crippen LogP) is 5.15. The van der Waals surface area contributed by atoms with Crippen molar-refractivity contribution in [3.8, 4) is 5.75 Å². The molecule has 0 bridgehead atoms. The van der Waals surface area contributed by atoms with Gasteiger partial charge in [0.15, 0.2) is 6.61 Å². The highest BCUT2D eigenvalue weighted by Crippen LogP contribution is 2.31. The number of furan rings is 1. The van der Waals surface area contributed by atoms with Crippen LogP contribution in [0.15, 0.2) is 77.2 Å². The maximum atomic E-state index is 13.1. The molecule has 1 aromatic heterocycles. The minimum absolute atomic E-state index is 0.0609. The molecule has 0 fully saturated rings. The van der Waals surface area contributed by atoms with Crippen LogP contribution in [0.3, 0.4) is 0 Å². The first-order valence-corrected chi connectivity index (χ1v) is 9.57. The second kappa shape index (κ2) is 8.71. The lowest BCUT2D eigenvalue weighted by molar-refractivity contribution is -0.118. The zero-order valence-electron chi connectivity index (χ0n) is 16.6. The number of aryl methyl sites for hydroxylation is 1. The van der Waals surface area contributed by atoms with Gasteiger partial charge in [0.2, 0.25) is 5.76 Å². The van der Waals surface area contributed by atoms with Gasteiger partial charge >= 0.3 is 0 Å². The van der Waals surface area contributed by atoms with Crippen molar-refractivity contribution in [1.29, 1.82) is 0 Å². The molecule has 0 spiro atoms. The highest BCUT2D eigenvalue weighted by atomic mass is 19.1. The third kappa shape index (κ3) is 4.72. The lowest BCUT2D eigenvalue weighted by Gasteiger charge is -2.09. The van der Waals surface area contributed by atoms with Crippen molar-refractivity contribution in [3.63, 3.8) is 0 Å². The first-order chi connectivity index (χ1) is 15.0. The van der Waals surface area contributed by atoms with Gasteiger partial charge in [-0.15, -0.1) is 0 Å². The van der Waals surface area contributed by atoms with E-state index in [1.807, 2.05) is 19.1 Å². The zero-order chi connectivity index (χ0) is 21.8. The molecule has 7 heteroatoms. The maximum absolute atomic E-state index is 13.1. The normalized spacial score (nSPS) is 10.6. The van der Waals surface area contributed by atoms with E-state index in [2.05, 4.69) is 10.6 Å². The van der Waals surface area contributed by atoms with Gasteiger partial charge in [-0.25, -0.2) is 4.39 Å². The summed E-state index contributed by atoms with van der Waals surface area (Å²) in [5.74, 6) is -0.926. The number of nitrogens with one attached hydrogen (secondary N) is 2. The predicted molar refractivity (Wildman–Crippen MR) is 116 cm³/mol. The smallest absolute Gasteiger partial charge is 0.293 e. The number of halogens is 1. The van der Waals surface area contributed by atoms with E-state index >= 15 is 0 Å². The lowest BCUT2D eigenvalue weighted by Crippen LogP contribution is -2.22. The summed E-state index contributed by atoms with van der Waals surface area (Å²) in [6.07, 6.45) is 0. The lowest BCUT2D eigenvalue weighted by atomic mass is 10.2. The fourth-order valence-corrected chi connectivity index (χ4v) is 3.01. The SMILES string of the molecule is Cc1ccc(OCC(=O)Nc2c(C(=O)Nc3ccc(F)cc3)oc3ccccc23)cc1. The van der Waals surface area contributed by atoms with Gasteiger partial charge in [0.1, 0.15) is 22.8 Å². The third-order valence-electron chi connectivity index (χ3n) is 4.56. The van der Waals surface area contributed by atoms with Gasteiger partial charge < -0.3 is 19.8 Å². The molecule has 2 N–H and O–H groups in total. The molecular weight excluding hydrogens is 399 g/mol. The van der Waals surface area contributed by atoms with Gasteiger partial charge in [0, 0.05) is 11.1 Å². The summed E-state index contributed by atoms with van der Waals surface area (Å²) in [4.78, 5) is 25.3. The van der Waals surface area contributed by atoms with Crippen molar-refractivity contribution < 1.29 is 23.1 Å². The molecule has 0 unspecified atom stereocenters. The van der Waals surface area contributed by atoms with Crippen LogP contribution in [0, 0.1) is 12.7 Å². The van der Waals surface area contributed by atoms with Crippen LogP contribution in [0.2, 0.25) is 0 Å². The summed E-state index contributed by atoms with van der Waals surface area (Å²) >= 11 is 0. The van der Waals surface area contributed by atoms with E-state index in [0.29, 0.717) is 22.4 Å². The van der Waals surface area contributed by atoms with Crippen molar-refractivity contribution in [2.45, 2.75) is 6.92 Å². The van der Waals surface area contributed by atoms with Crippen LogP contribution < -0.4 is 15.4 Å². The molecule has 4 aromatic rings. The van der Waals surface area contributed by atoms with Crippen molar-refractivity contribution >= 4 is 34.2 Å². The average molecular weight is 418 g/mol. The molecule has 2 amide bonds. The topological polar surface area (TPSA) is 80.6 Å². The van der Waals surface area contributed by atoms with Gasteiger partial charge in [-0.3, -0.25) is 9.59 Å². The summed E-state index contributed by atoms with van der Waals surface area (Å²) in [7, 11) is 0. The minimum Gasteiger partial charge on any atom is -0.484 e. The molecule has 31 heavy (non-hydrogen) atoms. The first kappa shape index (κ1) is 20.2.